The van der Waals surface area contributed by atoms with Crippen molar-refractivity contribution in [1.29, 1.82) is 0 Å². The van der Waals surface area contributed by atoms with Crippen LogP contribution in [0.2, 0.25) is 10.0 Å². The fourth-order valence-corrected chi connectivity index (χ4v) is 4.92. The standard InChI is InChI=1S/C30H25Cl2N3O2/c1-37-23-16-14-21(15-17-23)28-19-27(20-8-3-2-4-9-20)34-35(28)29(36)18-22-10-5-6-13-26(22)33-30-24(31)11-7-12-25(30)32/h2-17,28,33H,18-19H2,1H3. The molecule has 0 radical (unpaired) electrons. The van der Waals surface area contributed by atoms with Crippen LogP contribution in [0.3, 0.4) is 0 Å². The van der Waals surface area contributed by atoms with E-state index in [9.17, 15) is 4.79 Å². The van der Waals surface area contributed by atoms with Gasteiger partial charge in [-0.05, 0) is 47.0 Å². The van der Waals surface area contributed by atoms with Crippen LogP contribution >= 0.6 is 23.2 Å². The molecule has 186 valence electrons. The second kappa shape index (κ2) is 11.1. The molecule has 0 bridgehead atoms. The van der Waals surface area contributed by atoms with Crippen molar-refractivity contribution in [3.05, 3.63) is 124 Å². The molecule has 1 atom stereocenters. The molecule has 1 unspecified atom stereocenters. The second-order valence-corrected chi connectivity index (χ2v) is 9.51. The van der Waals surface area contributed by atoms with Gasteiger partial charge in [0.2, 0.25) is 5.91 Å². The van der Waals surface area contributed by atoms with Crippen molar-refractivity contribution in [3.63, 3.8) is 0 Å². The minimum Gasteiger partial charge on any atom is -0.497 e. The first-order valence-corrected chi connectivity index (χ1v) is 12.7. The van der Waals surface area contributed by atoms with Gasteiger partial charge in [0.15, 0.2) is 0 Å². The summed E-state index contributed by atoms with van der Waals surface area (Å²) in [4.78, 5) is 13.8. The highest BCUT2D eigenvalue weighted by atomic mass is 35.5. The molecule has 0 aliphatic carbocycles. The van der Waals surface area contributed by atoms with Crippen molar-refractivity contribution in [3.8, 4) is 5.75 Å². The molecule has 7 heteroatoms. The van der Waals surface area contributed by atoms with Gasteiger partial charge in [0.25, 0.3) is 0 Å². The third-order valence-corrected chi connectivity index (χ3v) is 6.98. The van der Waals surface area contributed by atoms with Crippen LogP contribution in [-0.4, -0.2) is 23.7 Å². The molecule has 1 aliphatic heterocycles. The number of para-hydroxylation sites is 2. The Balaban J connectivity index is 1.45. The van der Waals surface area contributed by atoms with Crippen LogP contribution in [0.5, 0.6) is 5.75 Å². The zero-order chi connectivity index (χ0) is 25.8. The zero-order valence-electron chi connectivity index (χ0n) is 20.2. The highest BCUT2D eigenvalue weighted by Crippen LogP contribution is 2.36. The highest BCUT2D eigenvalue weighted by Gasteiger charge is 2.33. The summed E-state index contributed by atoms with van der Waals surface area (Å²) in [5, 5.41) is 10.7. The van der Waals surface area contributed by atoms with E-state index in [0.717, 1.165) is 33.8 Å². The maximum Gasteiger partial charge on any atom is 0.247 e. The molecule has 1 amide bonds. The molecule has 0 saturated heterocycles. The Morgan fingerprint density at radius 2 is 1.59 bits per heavy atom. The number of hydrazone groups is 1. The van der Waals surface area contributed by atoms with E-state index in [1.807, 2.05) is 78.9 Å². The molecule has 5 nitrogen and oxygen atoms in total. The van der Waals surface area contributed by atoms with E-state index in [4.69, 9.17) is 33.0 Å². The maximum atomic E-state index is 13.8. The molecule has 37 heavy (non-hydrogen) atoms. The number of hydrogen-bond acceptors (Lipinski definition) is 4. The Morgan fingerprint density at radius 1 is 0.919 bits per heavy atom. The van der Waals surface area contributed by atoms with Gasteiger partial charge in [-0.3, -0.25) is 4.79 Å². The van der Waals surface area contributed by atoms with Gasteiger partial charge in [-0.15, -0.1) is 0 Å². The van der Waals surface area contributed by atoms with E-state index in [1.54, 1.807) is 30.3 Å². The van der Waals surface area contributed by atoms with Crippen molar-refractivity contribution < 1.29 is 9.53 Å². The Morgan fingerprint density at radius 3 is 2.30 bits per heavy atom. The van der Waals surface area contributed by atoms with Gasteiger partial charge in [-0.25, -0.2) is 5.01 Å². The second-order valence-electron chi connectivity index (χ2n) is 8.70. The Labute approximate surface area is 226 Å². The predicted molar refractivity (Wildman–Crippen MR) is 150 cm³/mol. The van der Waals surface area contributed by atoms with Crippen LogP contribution in [0, 0.1) is 0 Å². The number of amides is 1. The van der Waals surface area contributed by atoms with E-state index < -0.39 is 0 Å². The Hall–Kier alpha value is -3.80. The quantitative estimate of drug-likeness (QED) is 0.267. The van der Waals surface area contributed by atoms with E-state index in [0.29, 0.717) is 22.2 Å². The number of rotatable bonds is 7. The predicted octanol–water partition coefficient (Wildman–Crippen LogP) is 7.67. The smallest absolute Gasteiger partial charge is 0.247 e. The van der Waals surface area contributed by atoms with Gasteiger partial charge < -0.3 is 10.1 Å². The van der Waals surface area contributed by atoms with Gasteiger partial charge in [-0.2, -0.15) is 5.10 Å². The summed E-state index contributed by atoms with van der Waals surface area (Å²) in [6.45, 7) is 0. The van der Waals surface area contributed by atoms with Crippen LogP contribution < -0.4 is 10.1 Å². The van der Waals surface area contributed by atoms with E-state index >= 15 is 0 Å². The number of carbonyl (C=O) groups is 1. The lowest BCUT2D eigenvalue weighted by atomic mass is 9.98. The Kier molecular flexibility index (Phi) is 7.45. The number of ether oxygens (including phenoxy) is 1. The average molecular weight is 530 g/mol. The molecule has 0 aromatic heterocycles. The molecule has 1 heterocycles. The van der Waals surface area contributed by atoms with Crippen molar-refractivity contribution in [1.82, 2.24) is 5.01 Å². The summed E-state index contributed by atoms with van der Waals surface area (Å²) in [6, 6.07) is 30.5. The van der Waals surface area contributed by atoms with Gasteiger partial charge in [-0.1, -0.05) is 89.9 Å². The Bertz CT molecular complexity index is 1420. The fourth-order valence-electron chi connectivity index (χ4n) is 4.42. The van der Waals surface area contributed by atoms with E-state index in [1.165, 1.54) is 0 Å². The molecule has 0 fully saturated rings. The number of methoxy groups -OCH3 is 1. The molecule has 5 rings (SSSR count). The lowest BCUT2D eigenvalue weighted by Gasteiger charge is -2.23. The summed E-state index contributed by atoms with van der Waals surface area (Å²) in [5.74, 6) is 0.660. The molecule has 4 aromatic rings. The number of carbonyl (C=O) groups excluding carboxylic acids is 1. The largest absolute Gasteiger partial charge is 0.497 e. The van der Waals surface area contributed by atoms with Crippen molar-refractivity contribution in [2.75, 3.05) is 12.4 Å². The minimum absolute atomic E-state index is 0.105. The summed E-state index contributed by atoms with van der Waals surface area (Å²) < 4.78 is 5.32. The molecule has 0 saturated carbocycles. The lowest BCUT2D eigenvalue weighted by Crippen LogP contribution is -2.28. The van der Waals surface area contributed by atoms with Crippen molar-refractivity contribution in [2.24, 2.45) is 5.10 Å². The molecule has 0 spiro atoms. The first-order valence-electron chi connectivity index (χ1n) is 11.9. The number of benzene rings is 4. The van der Waals surface area contributed by atoms with Gasteiger partial charge >= 0.3 is 0 Å². The van der Waals surface area contributed by atoms with E-state index in [2.05, 4.69) is 5.32 Å². The molecular weight excluding hydrogens is 505 g/mol. The first-order chi connectivity index (χ1) is 18.0. The highest BCUT2D eigenvalue weighted by molar-refractivity contribution is 6.39. The number of anilines is 2. The first kappa shape index (κ1) is 24.9. The molecular formula is C30H25Cl2N3O2. The maximum absolute atomic E-state index is 13.8. The number of nitrogens with zero attached hydrogens (tertiary/aromatic N) is 2. The van der Waals surface area contributed by atoms with Crippen LogP contribution in [0.4, 0.5) is 11.4 Å². The van der Waals surface area contributed by atoms with Gasteiger partial charge in [0.05, 0.1) is 41.0 Å². The van der Waals surface area contributed by atoms with Crippen LogP contribution in [0.25, 0.3) is 0 Å². The summed E-state index contributed by atoms with van der Waals surface area (Å²) in [7, 11) is 1.64. The molecule has 1 N–H and O–H groups in total. The molecule has 4 aromatic carbocycles. The van der Waals surface area contributed by atoms with Crippen LogP contribution in [-0.2, 0) is 11.2 Å². The zero-order valence-corrected chi connectivity index (χ0v) is 21.7. The fraction of sp³-hybridized carbons (Fsp3) is 0.133. The van der Waals surface area contributed by atoms with Gasteiger partial charge in [0, 0.05) is 12.1 Å². The number of nitrogens with one attached hydrogen (secondary N) is 1. The SMILES string of the molecule is COc1ccc(C2CC(c3ccccc3)=NN2C(=O)Cc2ccccc2Nc2c(Cl)cccc2Cl)cc1. The van der Waals surface area contributed by atoms with Crippen LogP contribution in [0.1, 0.15) is 29.2 Å². The normalized spacial score (nSPS) is 14.8. The minimum atomic E-state index is -0.216. The van der Waals surface area contributed by atoms with Crippen molar-refractivity contribution >= 4 is 46.2 Å². The average Bonchev–Trinajstić information content (AvgIpc) is 3.38. The number of halogens is 2. The van der Waals surface area contributed by atoms with Gasteiger partial charge in [0.1, 0.15) is 5.75 Å². The topological polar surface area (TPSA) is 53.9 Å². The van der Waals surface area contributed by atoms with E-state index in [-0.39, 0.29) is 18.4 Å². The third kappa shape index (κ3) is 5.48. The molecule has 1 aliphatic rings. The summed E-state index contributed by atoms with van der Waals surface area (Å²) >= 11 is 12.8. The van der Waals surface area contributed by atoms with Crippen molar-refractivity contribution in [2.45, 2.75) is 18.9 Å². The van der Waals surface area contributed by atoms with Crippen LogP contribution in [0.15, 0.2) is 102 Å². The monoisotopic (exact) mass is 529 g/mol. The summed E-state index contributed by atoms with van der Waals surface area (Å²) in [5.41, 5.74) is 5.07. The lowest BCUT2D eigenvalue weighted by molar-refractivity contribution is -0.132. The third-order valence-electron chi connectivity index (χ3n) is 6.35. The number of hydrogen-bond donors (Lipinski definition) is 1. The summed E-state index contributed by atoms with van der Waals surface area (Å²) in [6.07, 6.45) is 0.778.